The van der Waals surface area contributed by atoms with Gasteiger partial charge in [0.05, 0.1) is 30.5 Å². The average molecular weight is 294 g/mol. The molecule has 0 saturated carbocycles. The molecule has 0 bridgehead atoms. The Morgan fingerprint density at radius 2 is 1.86 bits per heavy atom. The Morgan fingerprint density at radius 3 is 2.45 bits per heavy atom. The van der Waals surface area contributed by atoms with Gasteiger partial charge in [0.1, 0.15) is 6.61 Å². The smallest absolute Gasteiger partial charge is 0.337 e. The van der Waals surface area contributed by atoms with E-state index in [1.54, 1.807) is 42.6 Å². The van der Waals surface area contributed by atoms with E-state index >= 15 is 0 Å². The van der Waals surface area contributed by atoms with Crippen molar-refractivity contribution in [2.24, 2.45) is 5.16 Å². The Morgan fingerprint density at radius 1 is 1.18 bits per heavy atom. The molecule has 0 aromatic heterocycles. The Bertz CT molecular complexity index is 698. The fraction of sp³-hybridized carbons (Fsp3) is 0.118. The summed E-state index contributed by atoms with van der Waals surface area (Å²) in [6, 6.07) is 16.0. The Kier molecular flexibility index (Phi) is 5.27. The van der Waals surface area contributed by atoms with Crippen molar-refractivity contribution in [3.05, 3.63) is 70.8 Å². The highest BCUT2D eigenvalue weighted by Gasteiger charge is 2.03. The van der Waals surface area contributed by atoms with Gasteiger partial charge in [0.2, 0.25) is 0 Å². The standard InChI is InChI=1S/C17H14N2O3/c1-21-17(20)16-8-6-14(7-9-16)11-19-22-12-15-4-2-13(10-18)3-5-15/h2-9,11H,12H2,1H3/b19-11+. The second-order valence-corrected chi connectivity index (χ2v) is 4.43. The summed E-state index contributed by atoms with van der Waals surface area (Å²) in [6.07, 6.45) is 1.56. The van der Waals surface area contributed by atoms with E-state index < -0.39 is 0 Å². The molecule has 0 unspecified atom stereocenters. The van der Waals surface area contributed by atoms with E-state index in [1.807, 2.05) is 12.1 Å². The van der Waals surface area contributed by atoms with Gasteiger partial charge < -0.3 is 9.57 Å². The lowest BCUT2D eigenvalue weighted by atomic mass is 10.1. The number of benzene rings is 2. The first-order chi connectivity index (χ1) is 10.7. The maximum Gasteiger partial charge on any atom is 0.337 e. The van der Waals surface area contributed by atoms with Crippen LogP contribution in [0.1, 0.15) is 27.0 Å². The summed E-state index contributed by atoms with van der Waals surface area (Å²) in [5.74, 6) is -0.374. The lowest BCUT2D eigenvalue weighted by molar-refractivity contribution is 0.0600. The minimum atomic E-state index is -0.374. The fourth-order valence-corrected chi connectivity index (χ4v) is 1.71. The third kappa shape index (κ3) is 4.18. The number of nitrogens with zero attached hydrogens (tertiary/aromatic N) is 2. The molecular formula is C17H14N2O3. The summed E-state index contributed by atoms with van der Waals surface area (Å²) in [4.78, 5) is 16.5. The minimum absolute atomic E-state index is 0.322. The molecular weight excluding hydrogens is 280 g/mol. The molecule has 0 aliphatic heterocycles. The molecule has 0 heterocycles. The van der Waals surface area contributed by atoms with E-state index in [0.717, 1.165) is 11.1 Å². The van der Waals surface area contributed by atoms with Crippen molar-refractivity contribution in [3.8, 4) is 6.07 Å². The molecule has 0 saturated heterocycles. The summed E-state index contributed by atoms with van der Waals surface area (Å²) < 4.78 is 4.62. The number of methoxy groups -OCH3 is 1. The van der Waals surface area contributed by atoms with Crippen molar-refractivity contribution >= 4 is 12.2 Å². The summed E-state index contributed by atoms with van der Waals surface area (Å²) in [6.45, 7) is 0.322. The van der Waals surface area contributed by atoms with E-state index in [-0.39, 0.29) is 5.97 Å². The molecule has 5 heteroatoms. The first-order valence-corrected chi connectivity index (χ1v) is 6.55. The van der Waals surface area contributed by atoms with Crippen LogP contribution in [-0.4, -0.2) is 19.3 Å². The normalized spacial score (nSPS) is 10.2. The van der Waals surface area contributed by atoms with Gasteiger partial charge in [-0.2, -0.15) is 5.26 Å². The van der Waals surface area contributed by atoms with Gasteiger partial charge in [0, 0.05) is 0 Å². The average Bonchev–Trinajstić information content (AvgIpc) is 2.59. The molecule has 0 radical (unpaired) electrons. The van der Waals surface area contributed by atoms with Crippen LogP contribution in [0.25, 0.3) is 0 Å². The van der Waals surface area contributed by atoms with E-state index in [1.165, 1.54) is 7.11 Å². The molecule has 0 fully saturated rings. The van der Waals surface area contributed by atoms with Crippen LogP contribution >= 0.6 is 0 Å². The molecule has 2 aromatic rings. The number of nitriles is 1. The van der Waals surface area contributed by atoms with Crippen molar-refractivity contribution in [1.29, 1.82) is 5.26 Å². The first-order valence-electron chi connectivity index (χ1n) is 6.55. The minimum Gasteiger partial charge on any atom is -0.465 e. The summed E-state index contributed by atoms with van der Waals surface area (Å²) >= 11 is 0. The fourth-order valence-electron chi connectivity index (χ4n) is 1.71. The van der Waals surface area contributed by atoms with Gasteiger partial charge in [-0.05, 0) is 35.4 Å². The molecule has 0 spiro atoms. The van der Waals surface area contributed by atoms with Gasteiger partial charge >= 0.3 is 5.97 Å². The van der Waals surface area contributed by atoms with Gasteiger partial charge in [0.15, 0.2) is 0 Å². The lowest BCUT2D eigenvalue weighted by Crippen LogP contribution is -2.00. The zero-order valence-corrected chi connectivity index (χ0v) is 12.0. The van der Waals surface area contributed by atoms with Crippen LogP contribution in [0, 0.1) is 11.3 Å². The van der Waals surface area contributed by atoms with E-state index in [9.17, 15) is 4.79 Å². The van der Waals surface area contributed by atoms with Crippen molar-refractivity contribution in [3.63, 3.8) is 0 Å². The van der Waals surface area contributed by atoms with Gasteiger partial charge in [0.25, 0.3) is 0 Å². The number of carbonyl (C=O) groups is 1. The Balaban J connectivity index is 1.87. The van der Waals surface area contributed by atoms with E-state index in [0.29, 0.717) is 17.7 Å². The highest BCUT2D eigenvalue weighted by molar-refractivity contribution is 5.90. The number of carbonyl (C=O) groups excluding carboxylic acids is 1. The lowest BCUT2D eigenvalue weighted by Gasteiger charge is -2.00. The molecule has 2 rings (SSSR count). The van der Waals surface area contributed by atoms with Crippen molar-refractivity contribution in [2.75, 3.05) is 7.11 Å². The predicted molar refractivity (Wildman–Crippen MR) is 81.3 cm³/mol. The number of hydrogen-bond donors (Lipinski definition) is 0. The highest BCUT2D eigenvalue weighted by Crippen LogP contribution is 2.06. The van der Waals surface area contributed by atoms with Crippen LogP contribution in [0.15, 0.2) is 53.7 Å². The number of hydrogen-bond acceptors (Lipinski definition) is 5. The van der Waals surface area contributed by atoms with Crippen LogP contribution in [0.3, 0.4) is 0 Å². The Hall–Kier alpha value is -3.13. The predicted octanol–water partition coefficient (Wildman–Crippen LogP) is 2.90. The number of ether oxygens (including phenoxy) is 1. The van der Waals surface area contributed by atoms with Crippen LogP contribution < -0.4 is 0 Å². The van der Waals surface area contributed by atoms with Gasteiger partial charge in [-0.25, -0.2) is 4.79 Å². The molecule has 0 N–H and O–H groups in total. The molecule has 0 amide bonds. The van der Waals surface area contributed by atoms with Crippen molar-refractivity contribution < 1.29 is 14.4 Å². The second kappa shape index (κ2) is 7.60. The monoisotopic (exact) mass is 294 g/mol. The summed E-state index contributed by atoms with van der Waals surface area (Å²) in [7, 11) is 1.34. The molecule has 2 aromatic carbocycles. The molecule has 5 nitrogen and oxygen atoms in total. The molecule has 110 valence electrons. The van der Waals surface area contributed by atoms with Gasteiger partial charge in [-0.15, -0.1) is 0 Å². The highest BCUT2D eigenvalue weighted by atomic mass is 16.6. The topological polar surface area (TPSA) is 71.7 Å². The van der Waals surface area contributed by atoms with Crippen LogP contribution in [0.5, 0.6) is 0 Å². The second-order valence-electron chi connectivity index (χ2n) is 4.43. The van der Waals surface area contributed by atoms with Crippen LogP contribution in [0.4, 0.5) is 0 Å². The quantitative estimate of drug-likeness (QED) is 0.483. The van der Waals surface area contributed by atoms with Gasteiger partial charge in [-0.1, -0.05) is 29.4 Å². The molecule has 0 aliphatic rings. The zero-order chi connectivity index (χ0) is 15.8. The summed E-state index contributed by atoms with van der Waals surface area (Å²) in [5.41, 5.74) is 2.83. The number of oxime groups is 1. The number of rotatable bonds is 5. The maximum absolute atomic E-state index is 11.3. The van der Waals surface area contributed by atoms with E-state index in [4.69, 9.17) is 10.1 Å². The zero-order valence-electron chi connectivity index (χ0n) is 12.0. The van der Waals surface area contributed by atoms with E-state index in [2.05, 4.69) is 16.0 Å². The van der Waals surface area contributed by atoms with Crippen LogP contribution in [0.2, 0.25) is 0 Å². The molecule has 22 heavy (non-hydrogen) atoms. The van der Waals surface area contributed by atoms with Gasteiger partial charge in [-0.3, -0.25) is 0 Å². The van der Waals surface area contributed by atoms with Crippen molar-refractivity contribution in [2.45, 2.75) is 6.61 Å². The molecule has 0 atom stereocenters. The van der Waals surface area contributed by atoms with Crippen molar-refractivity contribution in [1.82, 2.24) is 0 Å². The third-order valence-electron chi connectivity index (χ3n) is 2.92. The number of esters is 1. The maximum atomic E-state index is 11.3. The first kappa shape index (κ1) is 15.3. The molecule has 0 aliphatic carbocycles. The SMILES string of the molecule is COC(=O)c1ccc(/C=N/OCc2ccc(C#N)cc2)cc1. The Labute approximate surface area is 128 Å². The largest absolute Gasteiger partial charge is 0.465 e. The third-order valence-corrected chi connectivity index (χ3v) is 2.92. The summed E-state index contributed by atoms with van der Waals surface area (Å²) in [5, 5.41) is 12.6. The van der Waals surface area contributed by atoms with Crippen LogP contribution in [-0.2, 0) is 16.2 Å².